The Bertz CT molecular complexity index is 872. The summed E-state index contributed by atoms with van der Waals surface area (Å²) >= 11 is 2.80. The van der Waals surface area contributed by atoms with Gasteiger partial charge in [0.2, 0.25) is 0 Å². The molecule has 1 aromatic carbocycles. The molecule has 25 heavy (non-hydrogen) atoms. The molecule has 0 bridgehead atoms. The highest BCUT2D eigenvalue weighted by molar-refractivity contribution is 7.22. The number of rotatable bonds is 4. The first-order chi connectivity index (χ1) is 11.8. The Hall–Kier alpha value is -2.39. The Labute approximate surface area is 148 Å². The average Bonchev–Trinajstić information content (AvgIpc) is 3.17. The van der Waals surface area contributed by atoms with Crippen LogP contribution in [0.1, 0.15) is 15.4 Å². The second-order valence-electron chi connectivity index (χ2n) is 4.94. The number of nitrogens with zero attached hydrogens (tertiary/aromatic N) is 1. The topological polar surface area (TPSA) is 51.2 Å². The molecule has 1 amide bonds. The van der Waals surface area contributed by atoms with Gasteiger partial charge in [-0.05, 0) is 42.6 Å². The van der Waals surface area contributed by atoms with Gasteiger partial charge in [0.15, 0.2) is 0 Å². The third-order valence-corrected chi connectivity index (χ3v) is 5.28. The quantitative estimate of drug-likeness (QED) is 0.661. The highest BCUT2D eigenvalue weighted by Gasteiger charge is 2.31. The monoisotopic (exact) mass is 384 g/mol. The molecular weight excluding hydrogens is 373 g/mol. The van der Waals surface area contributed by atoms with E-state index in [0.29, 0.717) is 16.3 Å². The van der Waals surface area contributed by atoms with Crippen molar-refractivity contribution in [2.45, 2.75) is 13.3 Å². The molecule has 0 spiro atoms. The Morgan fingerprint density at radius 3 is 2.52 bits per heavy atom. The first-order valence-electron chi connectivity index (χ1n) is 7.00. The number of amides is 1. The van der Waals surface area contributed by atoms with Gasteiger partial charge >= 0.3 is 6.36 Å². The predicted molar refractivity (Wildman–Crippen MR) is 91.2 cm³/mol. The van der Waals surface area contributed by atoms with E-state index >= 15 is 0 Å². The molecule has 3 rings (SSSR count). The Morgan fingerprint density at radius 1 is 1.20 bits per heavy atom. The van der Waals surface area contributed by atoms with Gasteiger partial charge < -0.3 is 10.1 Å². The van der Waals surface area contributed by atoms with E-state index < -0.39 is 6.36 Å². The van der Waals surface area contributed by atoms with Gasteiger partial charge in [-0.1, -0.05) is 6.07 Å². The van der Waals surface area contributed by atoms with Crippen LogP contribution in [0.2, 0.25) is 0 Å². The van der Waals surface area contributed by atoms with Gasteiger partial charge in [0.25, 0.3) is 5.91 Å². The summed E-state index contributed by atoms with van der Waals surface area (Å²) in [4.78, 5) is 18.2. The van der Waals surface area contributed by atoms with Gasteiger partial charge in [-0.25, -0.2) is 4.98 Å². The van der Waals surface area contributed by atoms with Crippen LogP contribution < -0.4 is 10.1 Å². The highest BCUT2D eigenvalue weighted by atomic mass is 32.1. The van der Waals surface area contributed by atoms with Crippen molar-refractivity contribution in [3.8, 4) is 15.6 Å². The standard InChI is InChI=1S/C16H11F3N2O2S2/c1-9-13(25-15(20-9)12-3-2-8-24-12)14(22)21-10-4-6-11(7-5-10)23-16(17,18)19/h2-8H,1H3,(H,21,22). The molecule has 0 fully saturated rings. The van der Waals surface area contributed by atoms with Crippen molar-refractivity contribution in [2.75, 3.05) is 5.32 Å². The number of benzene rings is 1. The van der Waals surface area contributed by atoms with Crippen molar-refractivity contribution < 1.29 is 22.7 Å². The number of hydrogen-bond acceptors (Lipinski definition) is 5. The molecule has 0 saturated carbocycles. The fraction of sp³-hybridized carbons (Fsp3) is 0.125. The molecule has 0 atom stereocenters. The molecule has 1 N–H and O–H groups in total. The van der Waals surface area contributed by atoms with Crippen molar-refractivity contribution in [3.05, 3.63) is 52.3 Å². The van der Waals surface area contributed by atoms with E-state index in [1.165, 1.54) is 34.8 Å². The third-order valence-electron chi connectivity index (χ3n) is 3.08. The highest BCUT2D eigenvalue weighted by Crippen LogP contribution is 2.31. The number of thiophene rings is 1. The van der Waals surface area contributed by atoms with E-state index in [2.05, 4.69) is 15.0 Å². The van der Waals surface area contributed by atoms with Crippen molar-refractivity contribution in [2.24, 2.45) is 0 Å². The van der Waals surface area contributed by atoms with E-state index in [9.17, 15) is 18.0 Å². The minimum absolute atomic E-state index is 0.348. The normalized spacial score (nSPS) is 11.4. The predicted octanol–water partition coefficient (Wildman–Crippen LogP) is 5.33. The van der Waals surface area contributed by atoms with E-state index in [-0.39, 0.29) is 11.7 Å². The molecule has 9 heteroatoms. The average molecular weight is 384 g/mol. The molecule has 0 saturated heterocycles. The molecule has 130 valence electrons. The number of anilines is 1. The summed E-state index contributed by atoms with van der Waals surface area (Å²) in [5.41, 5.74) is 0.966. The molecule has 0 aliphatic rings. The summed E-state index contributed by atoms with van der Waals surface area (Å²) in [5, 5.41) is 5.33. The lowest BCUT2D eigenvalue weighted by atomic mass is 10.3. The van der Waals surface area contributed by atoms with E-state index in [4.69, 9.17) is 0 Å². The van der Waals surface area contributed by atoms with Gasteiger partial charge in [0.05, 0.1) is 10.6 Å². The van der Waals surface area contributed by atoms with Crippen molar-refractivity contribution >= 4 is 34.3 Å². The molecule has 2 aromatic heterocycles. The van der Waals surface area contributed by atoms with Crippen LogP contribution in [0.15, 0.2) is 41.8 Å². The Morgan fingerprint density at radius 2 is 1.92 bits per heavy atom. The molecule has 0 aliphatic carbocycles. The number of ether oxygens (including phenoxy) is 1. The second kappa shape index (κ2) is 6.85. The SMILES string of the molecule is Cc1nc(-c2cccs2)sc1C(=O)Nc1ccc(OC(F)(F)F)cc1. The van der Waals surface area contributed by atoms with Crippen molar-refractivity contribution in [1.82, 2.24) is 4.98 Å². The smallest absolute Gasteiger partial charge is 0.406 e. The van der Waals surface area contributed by atoms with Gasteiger partial charge in [-0.15, -0.1) is 35.8 Å². The lowest BCUT2D eigenvalue weighted by Crippen LogP contribution is -2.17. The number of alkyl halides is 3. The Balaban J connectivity index is 1.72. The number of nitrogens with one attached hydrogen (secondary N) is 1. The molecule has 0 unspecified atom stereocenters. The van der Waals surface area contributed by atoms with E-state index in [1.807, 2.05) is 17.5 Å². The summed E-state index contributed by atoms with van der Waals surface area (Å²) in [6.45, 7) is 1.74. The summed E-state index contributed by atoms with van der Waals surface area (Å²) < 4.78 is 40.2. The number of thiazole rings is 1. The first-order valence-corrected chi connectivity index (χ1v) is 8.70. The van der Waals surface area contributed by atoms with E-state index in [1.54, 1.807) is 6.92 Å². The largest absolute Gasteiger partial charge is 0.573 e. The number of aromatic nitrogens is 1. The van der Waals surface area contributed by atoms with Crippen LogP contribution in [0.4, 0.5) is 18.9 Å². The van der Waals surface area contributed by atoms with Crippen molar-refractivity contribution in [1.29, 1.82) is 0 Å². The Kier molecular flexibility index (Phi) is 4.78. The van der Waals surface area contributed by atoms with Crippen molar-refractivity contribution in [3.63, 3.8) is 0 Å². The number of carbonyl (C=O) groups is 1. The van der Waals surface area contributed by atoms with Crippen LogP contribution in [0.5, 0.6) is 5.75 Å². The minimum Gasteiger partial charge on any atom is -0.406 e. The summed E-state index contributed by atoms with van der Waals surface area (Å²) in [6.07, 6.45) is -4.75. The number of aryl methyl sites for hydroxylation is 1. The lowest BCUT2D eigenvalue weighted by molar-refractivity contribution is -0.274. The maximum absolute atomic E-state index is 12.4. The first kappa shape index (κ1) is 17.4. The second-order valence-corrected chi connectivity index (χ2v) is 6.88. The van der Waals surface area contributed by atoms with Crippen LogP contribution in [0, 0.1) is 6.92 Å². The zero-order valence-corrected chi connectivity index (χ0v) is 14.4. The summed E-state index contributed by atoms with van der Waals surface area (Å²) in [5.74, 6) is -0.707. The van der Waals surface area contributed by atoms with Crippen LogP contribution in [0.3, 0.4) is 0 Å². The molecular formula is C16H11F3N2O2S2. The number of halogens is 3. The zero-order chi connectivity index (χ0) is 18.0. The third kappa shape index (κ3) is 4.37. The zero-order valence-electron chi connectivity index (χ0n) is 12.8. The van der Waals surface area contributed by atoms with Crippen LogP contribution in [-0.4, -0.2) is 17.3 Å². The fourth-order valence-corrected chi connectivity index (χ4v) is 3.80. The van der Waals surface area contributed by atoms with Crippen LogP contribution in [-0.2, 0) is 0 Å². The number of carbonyl (C=O) groups excluding carboxylic acids is 1. The molecule has 3 aromatic rings. The summed E-state index contributed by atoms with van der Waals surface area (Å²) in [7, 11) is 0. The fourth-order valence-electron chi connectivity index (χ4n) is 2.04. The lowest BCUT2D eigenvalue weighted by Gasteiger charge is -2.09. The number of hydrogen-bond donors (Lipinski definition) is 1. The van der Waals surface area contributed by atoms with Crippen LogP contribution in [0.25, 0.3) is 9.88 Å². The maximum atomic E-state index is 12.4. The minimum atomic E-state index is -4.75. The molecule has 0 radical (unpaired) electrons. The maximum Gasteiger partial charge on any atom is 0.573 e. The van der Waals surface area contributed by atoms with E-state index in [0.717, 1.165) is 22.0 Å². The van der Waals surface area contributed by atoms with Gasteiger partial charge in [0.1, 0.15) is 15.6 Å². The molecule has 0 aliphatic heterocycles. The molecule has 4 nitrogen and oxygen atoms in total. The van der Waals surface area contributed by atoms with Crippen LogP contribution >= 0.6 is 22.7 Å². The van der Waals surface area contributed by atoms with Gasteiger partial charge in [-0.3, -0.25) is 4.79 Å². The van der Waals surface area contributed by atoms with Gasteiger partial charge in [-0.2, -0.15) is 0 Å². The summed E-state index contributed by atoms with van der Waals surface area (Å²) in [6, 6.07) is 8.79. The molecule has 2 heterocycles. The van der Waals surface area contributed by atoms with Gasteiger partial charge in [0, 0.05) is 5.69 Å².